The van der Waals surface area contributed by atoms with Crippen molar-refractivity contribution in [2.24, 2.45) is 0 Å². The summed E-state index contributed by atoms with van der Waals surface area (Å²) in [6.07, 6.45) is 1.88. The summed E-state index contributed by atoms with van der Waals surface area (Å²) < 4.78 is 39.5. The van der Waals surface area contributed by atoms with E-state index in [1.54, 1.807) is 19.1 Å². The van der Waals surface area contributed by atoms with E-state index in [2.05, 4.69) is 5.32 Å². The molecule has 0 unspecified atom stereocenters. The highest BCUT2D eigenvalue weighted by Gasteiger charge is 2.25. The Morgan fingerprint density at radius 3 is 2.60 bits per heavy atom. The molecule has 8 heteroatoms. The van der Waals surface area contributed by atoms with Crippen LogP contribution in [0.4, 0.5) is 10.1 Å². The zero-order chi connectivity index (χ0) is 18.6. The summed E-state index contributed by atoms with van der Waals surface area (Å²) in [6.45, 7) is 1.20. The minimum absolute atomic E-state index is 0.146. The highest BCUT2D eigenvalue weighted by Crippen LogP contribution is 2.25. The summed E-state index contributed by atoms with van der Waals surface area (Å²) in [5.74, 6) is -1.11. The van der Waals surface area contributed by atoms with Gasteiger partial charge >= 0.3 is 0 Å². The summed E-state index contributed by atoms with van der Waals surface area (Å²) in [4.78, 5) is 13.0. The first-order chi connectivity index (χ1) is 11.8. The molecule has 0 radical (unpaired) electrons. The second-order valence-electron chi connectivity index (χ2n) is 5.42. The summed E-state index contributed by atoms with van der Waals surface area (Å²) in [5.41, 5.74) is 1.04. The molecule has 0 aliphatic heterocycles. The van der Waals surface area contributed by atoms with Crippen LogP contribution < -0.4 is 5.32 Å². The van der Waals surface area contributed by atoms with Crippen LogP contribution in [-0.2, 0) is 14.8 Å². The van der Waals surface area contributed by atoms with Gasteiger partial charge in [-0.3, -0.25) is 4.79 Å². The Morgan fingerprint density at radius 1 is 1.24 bits per heavy atom. The van der Waals surface area contributed by atoms with Gasteiger partial charge in [0.1, 0.15) is 5.82 Å². The Hall–Kier alpha value is -1.90. The minimum atomic E-state index is -3.97. The van der Waals surface area contributed by atoms with E-state index in [-0.39, 0.29) is 11.4 Å². The van der Waals surface area contributed by atoms with Crippen molar-refractivity contribution < 1.29 is 17.6 Å². The van der Waals surface area contributed by atoms with E-state index in [0.717, 1.165) is 15.3 Å². The normalized spacial score (nSPS) is 11.6. The van der Waals surface area contributed by atoms with Gasteiger partial charge in [0.15, 0.2) is 0 Å². The first kappa shape index (κ1) is 19.4. The summed E-state index contributed by atoms with van der Waals surface area (Å²) >= 11 is 1.47. The van der Waals surface area contributed by atoms with Gasteiger partial charge < -0.3 is 5.32 Å². The van der Waals surface area contributed by atoms with Crippen molar-refractivity contribution in [1.82, 2.24) is 4.31 Å². The van der Waals surface area contributed by atoms with Crippen molar-refractivity contribution in [3.05, 3.63) is 53.8 Å². The zero-order valence-electron chi connectivity index (χ0n) is 14.1. The molecule has 0 aliphatic rings. The molecular formula is C17H19FN2O3S2. The number of amides is 1. The van der Waals surface area contributed by atoms with Crippen LogP contribution in [0.2, 0.25) is 0 Å². The van der Waals surface area contributed by atoms with Crippen LogP contribution in [0.5, 0.6) is 0 Å². The molecule has 2 rings (SSSR count). The molecule has 5 nitrogen and oxygen atoms in total. The van der Waals surface area contributed by atoms with E-state index in [4.69, 9.17) is 0 Å². The predicted molar refractivity (Wildman–Crippen MR) is 97.8 cm³/mol. The topological polar surface area (TPSA) is 66.5 Å². The number of anilines is 1. The van der Waals surface area contributed by atoms with Crippen LogP contribution in [0.15, 0.2) is 52.3 Å². The number of nitrogens with one attached hydrogen (secondary N) is 1. The molecule has 2 aromatic carbocycles. The molecule has 0 atom stereocenters. The first-order valence-corrected chi connectivity index (χ1v) is 10.1. The largest absolute Gasteiger partial charge is 0.324 e. The van der Waals surface area contributed by atoms with Crippen molar-refractivity contribution in [2.45, 2.75) is 16.7 Å². The number of benzene rings is 2. The number of para-hydroxylation sites is 1. The second-order valence-corrected chi connectivity index (χ2v) is 8.28. The Kier molecular flexibility index (Phi) is 6.21. The van der Waals surface area contributed by atoms with Gasteiger partial charge in [-0.15, -0.1) is 11.8 Å². The molecule has 134 valence electrons. The van der Waals surface area contributed by atoms with Crippen LogP contribution in [0.1, 0.15) is 5.56 Å². The van der Waals surface area contributed by atoms with Crippen LogP contribution >= 0.6 is 11.8 Å². The van der Waals surface area contributed by atoms with Gasteiger partial charge in [0.25, 0.3) is 0 Å². The van der Waals surface area contributed by atoms with E-state index in [9.17, 15) is 17.6 Å². The lowest BCUT2D eigenvalue weighted by Crippen LogP contribution is -2.35. The van der Waals surface area contributed by atoms with Crippen LogP contribution in [0, 0.1) is 12.7 Å². The Morgan fingerprint density at radius 2 is 1.92 bits per heavy atom. The average molecular weight is 382 g/mol. The fourth-order valence-corrected chi connectivity index (χ4v) is 4.16. The minimum Gasteiger partial charge on any atom is -0.324 e. The Balaban J connectivity index is 2.16. The molecule has 0 aliphatic carbocycles. The van der Waals surface area contributed by atoms with Crippen LogP contribution in [-0.4, -0.2) is 38.5 Å². The van der Waals surface area contributed by atoms with Gasteiger partial charge in [0.2, 0.25) is 15.9 Å². The van der Waals surface area contributed by atoms with Crippen molar-refractivity contribution >= 4 is 33.4 Å². The van der Waals surface area contributed by atoms with E-state index in [1.165, 1.54) is 30.9 Å². The molecule has 0 saturated heterocycles. The monoisotopic (exact) mass is 382 g/mol. The third-order valence-electron chi connectivity index (χ3n) is 3.59. The molecule has 0 aromatic heterocycles. The molecule has 25 heavy (non-hydrogen) atoms. The number of hydrogen-bond acceptors (Lipinski definition) is 4. The second kappa shape index (κ2) is 7.99. The highest BCUT2D eigenvalue weighted by atomic mass is 32.2. The molecule has 0 spiro atoms. The van der Waals surface area contributed by atoms with E-state index in [1.807, 2.05) is 18.4 Å². The lowest BCUT2D eigenvalue weighted by molar-refractivity contribution is -0.116. The number of sulfonamides is 1. The zero-order valence-corrected chi connectivity index (χ0v) is 15.7. The summed E-state index contributed by atoms with van der Waals surface area (Å²) in [6, 6.07) is 10.8. The fourth-order valence-electron chi connectivity index (χ4n) is 2.24. The maximum absolute atomic E-state index is 13.4. The number of hydrogen-bond donors (Lipinski definition) is 1. The molecule has 0 heterocycles. The predicted octanol–water partition coefficient (Wildman–Crippen LogP) is 3.12. The smallest absolute Gasteiger partial charge is 0.243 e. The lowest BCUT2D eigenvalue weighted by Gasteiger charge is -2.18. The maximum atomic E-state index is 13.4. The molecule has 0 bridgehead atoms. The van der Waals surface area contributed by atoms with Gasteiger partial charge in [0.05, 0.1) is 17.1 Å². The van der Waals surface area contributed by atoms with Gasteiger partial charge in [-0.25, -0.2) is 12.8 Å². The fraction of sp³-hybridized carbons (Fsp3) is 0.235. The molecule has 0 fully saturated rings. The number of carbonyl (C=O) groups is 1. The van der Waals surface area contributed by atoms with E-state index < -0.39 is 21.7 Å². The first-order valence-electron chi connectivity index (χ1n) is 7.41. The number of nitrogens with zero attached hydrogens (tertiary/aromatic N) is 1. The quantitative estimate of drug-likeness (QED) is 0.780. The van der Waals surface area contributed by atoms with Crippen LogP contribution in [0.3, 0.4) is 0 Å². The Labute approximate surface area is 151 Å². The van der Waals surface area contributed by atoms with Gasteiger partial charge in [-0.2, -0.15) is 4.31 Å². The number of likely N-dealkylation sites (N-methyl/N-ethyl adjacent to an activating group) is 1. The van der Waals surface area contributed by atoms with Crippen molar-refractivity contribution in [1.29, 1.82) is 0 Å². The Bertz CT molecular complexity index is 885. The molecular weight excluding hydrogens is 363 g/mol. The third kappa shape index (κ3) is 4.59. The number of thioether (sulfide) groups is 1. The number of halogens is 1. The number of rotatable bonds is 6. The summed E-state index contributed by atoms with van der Waals surface area (Å²) in [7, 11) is -2.68. The molecule has 1 amide bonds. The number of aryl methyl sites for hydroxylation is 1. The van der Waals surface area contributed by atoms with Crippen LogP contribution in [0.25, 0.3) is 0 Å². The van der Waals surface area contributed by atoms with Crippen molar-refractivity contribution in [3.8, 4) is 0 Å². The van der Waals surface area contributed by atoms with E-state index in [0.29, 0.717) is 11.3 Å². The molecule has 2 aromatic rings. The standard InChI is InChI=1S/C17H19FN2O3S2/c1-12-8-9-13(18)10-16(12)25(22,23)20(2)11-17(21)19-14-6-4-5-7-15(14)24-3/h4-10H,11H2,1-3H3,(H,19,21). The van der Waals surface area contributed by atoms with Gasteiger partial charge in [-0.05, 0) is 43.0 Å². The molecule has 1 N–H and O–H groups in total. The highest BCUT2D eigenvalue weighted by molar-refractivity contribution is 7.98. The SMILES string of the molecule is CSc1ccccc1NC(=O)CN(C)S(=O)(=O)c1cc(F)ccc1C. The van der Waals surface area contributed by atoms with Crippen molar-refractivity contribution in [2.75, 3.05) is 25.2 Å². The lowest BCUT2D eigenvalue weighted by atomic mass is 10.2. The van der Waals surface area contributed by atoms with E-state index >= 15 is 0 Å². The third-order valence-corrected chi connectivity index (χ3v) is 6.33. The van der Waals surface area contributed by atoms with Gasteiger partial charge in [-0.1, -0.05) is 18.2 Å². The number of carbonyl (C=O) groups excluding carboxylic acids is 1. The maximum Gasteiger partial charge on any atom is 0.243 e. The van der Waals surface area contributed by atoms with Crippen molar-refractivity contribution in [3.63, 3.8) is 0 Å². The summed E-state index contributed by atoms with van der Waals surface area (Å²) in [5, 5.41) is 2.70. The van der Waals surface area contributed by atoms with Gasteiger partial charge in [0, 0.05) is 11.9 Å². The molecule has 0 saturated carbocycles. The average Bonchev–Trinajstić information content (AvgIpc) is 2.57.